The molecule has 0 saturated carbocycles. The summed E-state index contributed by atoms with van der Waals surface area (Å²) >= 11 is 0. The third-order valence-corrected chi connectivity index (χ3v) is 11.1. The van der Waals surface area contributed by atoms with Gasteiger partial charge in [-0.05, 0) is 38.5 Å². The van der Waals surface area contributed by atoms with Gasteiger partial charge in [-0.25, -0.2) is 14.4 Å². The maximum absolute atomic E-state index is 12.5. The Morgan fingerprint density at radius 3 is 1.08 bits per heavy atom. The fourth-order valence-electron chi connectivity index (χ4n) is 6.98. The molecule has 10 N–H and O–H groups in total. The number of carboxylic acid groups (broad SMARTS) is 4. The number of hydrogen-bond donors (Lipinski definition) is 10. The lowest BCUT2D eigenvalue weighted by molar-refractivity contribution is -0.143. The van der Waals surface area contributed by atoms with Gasteiger partial charge in [0.25, 0.3) is 0 Å². The molecule has 0 rings (SSSR count). The first-order chi connectivity index (χ1) is 35.0. The van der Waals surface area contributed by atoms with Gasteiger partial charge in [0, 0.05) is 51.7 Å². The molecule has 6 amide bonds. The van der Waals surface area contributed by atoms with Crippen LogP contribution >= 0.6 is 0 Å². The molecule has 0 aliphatic carbocycles. The van der Waals surface area contributed by atoms with Gasteiger partial charge < -0.3 is 71.3 Å². The highest BCUT2D eigenvalue weighted by molar-refractivity contribution is 5.87. The van der Waals surface area contributed by atoms with Crippen LogP contribution in [0.3, 0.4) is 0 Å². The molecule has 0 saturated heterocycles. The van der Waals surface area contributed by atoms with Crippen molar-refractivity contribution < 1.29 is 87.3 Å². The Labute approximate surface area is 429 Å². The van der Waals surface area contributed by atoms with Crippen molar-refractivity contribution in [3.63, 3.8) is 0 Å². The molecule has 420 valence electrons. The van der Waals surface area contributed by atoms with E-state index in [2.05, 4.69) is 31.9 Å². The number of carbonyl (C=O) groups excluding carboxylic acids is 6. The molecule has 0 aliphatic rings. The largest absolute Gasteiger partial charge is 0.481 e. The van der Waals surface area contributed by atoms with Crippen LogP contribution in [0.1, 0.15) is 161 Å². The molecule has 0 radical (unpaired) electrons. The van der Waals surface area contributed by atoms with Crippen LogP contribution in [0, 0.1) is 0 Å². The molecule has 24 nitrogen and oxygen atoms in total. The Hall–Kier alpha value is -5.46. The van der Waals surface area contributed by atoms with Gasteiger partial charge >= 0.3 is 23.9 Å². The van der Waals surface area contributed by atoms with Gasteiger partial charge in [-0.2, -0.15) is 0 Å². The quantitative estimate of drug-likeness (QED) is 0.0391. The number of carbonyl (C=O) groups is 10. The third kappa shape index (κ3) is 43.8. The van der Waals surface area contributed by atoms with Crippen molar-refractivity contribution in [1.29, 1.82) is 0 Å². The molecule has 0 spiro atoms. The van der Waals surface area contributed by atoms with E-state index in [0.29, 0.717) is 13.0 Å². The molecule has 3 atom stereocenters. The van der Waals surface area contributed by atoms with Crippen LogP contribution in [0.15, 0.2) is 0 Å². The molecular formula is C49H86N6O18. The summed E-state index contributed by atoms with van der Waals surface area (Å²) in [6.07, 6.45) is 15.4. The van der Waals surface area contributed by atoms with Crippen molar-refractivity contribution in [2.24, 2.45) is 0 Å². The van der Waals surface area contributed by atoms with Gasteiger partial charge in [0.05, 0.1) is 39.6 Å². The van der Waals surface area contributed by atoms with Crippen molar-refractivity contribution in [3.05, 3.63) is 0 Å². The lowest BCUT2D eigenvalue weighted by Gasteiger charge is -2.17. The minimum atomic E-state index is -1.41. The number of rotatable bonds is 51. The van der Waals surface area contributed by atoms with Crippen molar-refractivity contribution >= 4 is 59.3 Å². The highest BCUT2D eigenvalue weighted by atomic mass is 16.5. The van der Waals surface area contributed by atoms with E-state index in [4.69, 9.17) is 24.1 Å². The summed E-state index contributed by atoms with van der Waals surface area (Å²) in [7, 11) is 0. The lowest BCUT2D eigenvalue weighted by atomic mass is 10.0. The highest BCUT2D eigenvalue weighted by Gasteiger charge is 2.25. The number of aliphatic carboxylic acids is 4. The van der Waals surface area contributed by atoms with Gasteiger partial charge in [0.1, 0.15) is 31.3 Å². The first-order valence-electron chi connectivity index (χ1n) is 25.9. The predicted octanol–water partition coefficient (Wildman–Crippen LogP) is 2.58. The Bertz CT molecular complexity index is 1600. The minimum Gasteiger partial charge on any atom is -0.481 e. The maximum atomic E-state index is 12.5. The predicted molar refractivity (Wildman–Crippen MR) is 265 cm³/mol. The summed E-state index contributed by atoms with van der Waals surface area (Å²) in [4.78, 5) is 119. The highest BCUT2D eigenvalue weighted by Crippen LogP contribution is 2.14. The average molecular weight is 1050 g/mol. The van der Waals surface area contributed by atoms with Crippen LogP contribution in [0.25, 0.3) is 0 Å². The second kappa shape index (κ2) is 46.3. The molecule has 0 heterocycles. The van der Waals surface area contributed by atoms with Gasteiger partial charge in [0.2, 0.25) is 35.4 Å². The Kier molecular flexibility index (Phi) is 42.9. The molecule has 24 heteroatoms. The number of amides is 6. The summed E-state index contributed by atoms with van der Waals surface area (Å²) in [6, 6.07) is -3.97. The average Bonchev–Trinajstić information content (AvgIpc) is 3.33. The number of unbranched alkanes of at least 4 members (excludes halogenated alkanes) is 14. The summed E-state index contributed by atoms with van der Waals surface area (Å²) in [6.45, 7) is 2.68. The van der Waals surface area contributed by atoms with Crippen LogP contribution in [0.5, 0.6) is 0 Å². The van der Waals surface area contributed by atoms with Crippen molar-refractivity contribution in [2.45, 2.75) is 179 Å². The van der Waals surface area contributed by atoms with E-state index in [1.54, 1.807) is 0 Å². The van der Waals surface area contributed by atoms with E-state index in [1.165, 1.54) is 25.7 Å². The van der Waals surface area contributed by atoms with E-state index in [-0.39, 0.29) is 117 Å². The Balaban J connectivity index is 3.99. The van der Waals surface area contributed by atoms with E-state index in [1.807, 2.05) is 6.92 Å². The second-order valence-electron chi connectivity index (χ2n) is 17.6. The fourth-order valence-corrected chi connectivity index (χ4v) is 6.98. The maximum Gasteiger partial charge on any atom is 0.326 e. The molecular weight excluding hydrogens is 961 g/mol. The smallest absolute Gasteiger partial charge is 0.326 e. The van der Waals surface area contributed by atoms with Crippen molar-refractivity contribution in [2.75, 3.05) is 72.5 Å². The first-order valence-corrected chi connectivity index (χ1v) is 25.9. The summed E-state index contributed by atoms with van der Waals surface area (Å²) in [5, 5.41) is 52.1. The zero-order valence-corrected chi connectivity index (χ0v) is 43.0. The molecule has 0 bridgehead atoms. The molecule has 0 aromatic heterocycles. The van der Waals surface area contributed by atoms with E-state index in [9.17, 15) is 63.3 Å². The topological polar surface area (TPSA) is 361 Å². The SMILES string of the molecule is CCCCNC(=O)CC[C@H](NC(=O)COCCOCCNC(=O)COCCOCCNC(=O)CCC(NC(=O)CC[C@H](NC(=O)CCCCCCCCCCCCCCCCC(=O)O)C(=O)O)C(=O)O)C(=O)O. The molecule has 0 aliphatic heterocycles. The number of carboxylic acids is 4. The molecule has 0 aromatic carbocycles. The number of ether oxygens (including phenoxy) is 4. The van der Waals surface area contributed by atoms with Crippen LogP contribution in [0.2, 0.25) is 0 Å². The van der Waals surface area contributed by atoms with Gasteiger partial charge in [0.15, 0.2) is 0 Å². The summed E-state index contributed by atoms with van der Waals surface area (Å²) in [5.41, 5.74) is 0. The van der Waals surface area contributed by atoms with Crippen LogP contribution in [0.4, 0.5) is 0 Å². The molecule has 0 fully saturated rings. The van der Waals surface area contributed by atoms with Gasteiger partial charge in [-0.3, -0.25) is 33.6 Å². The van der Waals surface area contributed by atoms with Gasteiger partial charge in [-0.1, -0.05) is 90.4 Å². The third-order valence-electron chi connectivity index (χ3n) is 11.1. The Morgan fingerprint density at radius 2 is 0.671 bits per heavy atom. The van der Waals surface area contributed by atoms with Crippen molar-refractivity contribution in [3.8, 4) is 0 Å². The monoisotopic (exact) mass is 1050 g/mol. The number of hydrogen-bond acceptors (Lipinski definition) is 14. The Morgan fingerprint density at radius 1 is 0.342 bits per heavy atom. The molecule has 0 aromatic rings. The van der Waals surface area contributed by atoms with Crippen LogP contribution in [-0.2, 0) is 66.9 Å². The lowest BCUT2D eigenvalue weighted by Crippen LogP contribution is -2.44. The first kappa shape index (κ1) is 67.5. The number of nitrogens with one attached hydrogen (secondary N) is 6. The van der Waals surface area contributed by atoms with Gasteiger partial charge in [-0.15, -0.1) is 0 Å². The normalized spacial score (nSPS) is 12.2. The minimum absolute atomic E-state index is 0.0366. The molecule has 1 unspecified atom stereocenters. The van der Waals surface area contributed by atoms with E-state index in [0.717, 1.165) is 70.6 Å². The van der Waals surface area contributed by atoms with Crippen molar-refractivity contribution in [1.82, 2.24) is 31.9 Å². The van der Waals surface area contributed by atoms with Crippen LogP contribution in [-0.4, -0.2) is 170 Å². The zero-order valence-electron chi connectivity index (χ0n) is 43.0. The molecule has 73 heavy (non-hydrogen) atoms. The van der Waals surface area contributed by atoms with E-state index >= 15 is 0 Å². The standard InChI is InChI=1S/C49H86N6O18/c1-2-3-26-50-40(56)23-21-39(49(68)69)55-45(61)36-73-34-32-71-30-28-52-44(60)35-72-33-31-70-29-27-51-41(57)24-20-37(47(64)65)54-43(59)25-22-38(48(66)67)53-42(58)18-16-14-12-10-8-6-4-5-7-9-11-13-15-17-19-46(62)63/h37-39H,2-36H2,1H3,(H,50,56)(H,51,57)(H,52,60)(H,53,58)(H,54,59)(H,55,61)(H,62,63)(H,64,65)(H,66,67)(H,68,69)/t37?,38-,39-/m0/s1. The summed E-state index contributed by atoms with van der Waals surface area (Å²) < 4.78 is 21.1. The summed E-state index contributed by atoms with van der Waals surface area (Å²) in [5.74, 6) is -7.71. The van der Waals surface area contributed by atoms with Crippen LogP contribution < -0.4 is 31.9 Å². The zero-order chi connectivity index (χ0) is 54.3. The van der Waals surface area contributed by atoms with E-state index < -0.39 is 78.1 Å². The second-order valence-corrected chi connectivity index (χ2v) is 17.6. The fraction of sp³-hybridized carbons (Fsp3) is 0.796.